The van der Waals surface area contributed by atoms with Gasteiger partial charge < -0.3 is 9.64 Å². The zero-order valence-corrected chi connectivity index (χ0v) is 10.9. The fraction of sp³-hybridized carbons (Fsp3) is 0.917. The number of likely N-dealkylation sites (N-methyl/N-ethyl adjacent to an activating group) is 1. The zero-order chi connectivity index (χ0) is 12.0. The molecule has 0 bridgehead atoms. The van der Waals surface area contributed by atoms with Crippen LogP contribution in [-0.4, -0.2) is 37.1 Å². The van der Waals surface area contributed by atoms with Gasteiger partial charge in [-0.25, -0.2) is 0 Å². The van der Waals surface area contributed by atoms with Crippen LogP contribution in [0, 0.1) is 5.92 Å². The number of rotatable bonds is 6. The fourth-order valence-electron chi connectivity index (χ4n) is 2.00. The van der Waals surface area contributed by atoms with E-state index >= 15 is 0 Å². The Hall–Kier alpha value is -0.570. The summed E-state index contributed by atoms with van der Waals surface area (Å²) >= 11 is 0. The molecule has 0 spiro atoms. The third-order valence-electron chi connectivity index (χ3n) is 3.26. The number of carbonyl (C=O) groups excluding carboxylic acids is 1. The first-order chi connectivity index (χ1) is 6.99. The zero-order valence-electron chi connectivity index (χ0n) is 10.9. The molecule has 1 amide bonds. The Labute approximate surface area is 93.8 Å². The number of nitrogens with zero attached hydrogens (tertiary/aromatic N) is 1. The first-order valence-electron chi connectivity index (χ1n) is 5.75. The molecule has 0 rings (SSSR count). The molecule has 0 saturated carbocycles. The second-order valence-electron chi connectivity index (χ2n) is 4.19. The predicted octanol–water partition coefficient (Wildman–Crippen LogP) is 2.30. The van der Waals surface area contributed by atoms with Crippen LogP contribution in [0.3, 0.4) is 0 Å². The monoisotopic (exact) mass is 215 g/mol. The summed E-state index contributed by atoms with van der Waals surface area (Å²) in [7, 11) is 3.58. The van der Waals surface area contributed by atoms with Crippen molar-refractivity contribution in [3.63, 3.8) is 0 Å². The van der Waals surface area contributed by atoms with Crippen LogP contribution in [0.15, 0.2) is 0 Å². The van der Waals surface area contributed by atoms with Crippen LogP contribution in [-0.2, 0) is 9.53 Å². The second-order valence-corrected chi connectivity index (χ2v) is 4.19. The van der Waals surface area contributed by atoms with E-state index in [1.165, 1.54) is 0 Å². The third kappa shape index (κ3) is 3.82. The first kappa shape index (κ1) is 14.4. The highest BCUT2D eigenvalue weighted by Gasteiger charge is 2.29. The lowest BCUT2D eigenvalue weighted by molar-refractivity contribution is -0.134. The van der Waals surface area contributed by atoms with Gasteiger partial charge in [-0.3, -0.25) is 4.79 Å². The van der Waals surface area contributed by atoms with Crippen molar-refractivity contribution in [2.45, 2.75) is 52.7 Å². The van der Waals surface area contributed by atoms with Gasteiger partial charge in [0, 0.05) is 21.1 Å². The molecule has 0 fully saturated rings. The highest BCUT2D eigenvalue weighted by molar-refractivity contribution is 5.73. The quantitative estimate of drug-likeness (QED) is 0.680. The van der Waals surface area contributed by atoms with Crippen molar-refractivity contribution in [3.05, 3.63) is 0 Å². The van der Waals surface area contributed by atoms with Crippen LogP contribution < -0.4 is 0 Å². The Morgan fingerprint density at radius 3 is 2.13 bits per heavy atom. The van der Waals surface area contributed by atoms with E-state index in [-0.39, 0.29) is 18.1 Å². The summed E-state index contributed by atoms with van der Waals surface area (Å²) in [6.07, 6.45) is 2.12. The summed E-state index contributed by atoms with van der Waals surface area (Å²) in [5, 5.41) is 0. The van der Waals surface area contributed by atoms with Crippen molar-refractivity contribution in [3.8, 4) is 0 Å². The molecule has 0 heterocycles. The van der Waals surface area contributed by atoms with E-state index in [4.69, 9.17) is 4.74 Å². The SMILES string of the molecule is CCC(C)C(C(CC)OC)N(C)C(C)=O. The van der Waals surface area contributed by atoms with Gasteiger partial charge in [0.25, 0.3) is 0 Å². The molecule has 0 aliphatic heterocycles. The molecule has 0 aliphatic carbocycles. The van der Waals surface area contributed by atoms with Crippen LogP contribution in [0.5, 0.6) is 0 Å². The minimum absolute atomic E-state index is 0.107. The van der Waals surface area contributed by atoms with Crippen molar-refractivity contribution >= 4 is 5.91 Å². The number of ether oxygens (including phenoxy) is 1. The molecular weight excluding hydrogens is 190 g/mol. The summed E-state index contributed by atoms with van der Waals surface area (Å²) in [6, 6.07) is 0.183. The molecule has 0 radical (unpaired) electrons. The van der Waals surface area contributed by atoms with Gasteiger partial charge in [-0.05, 0) is 12.3 Å². The Balaban J connectivity index is 4.77. The van der Waals surface area contributed by atoms with Gasteiger partial charge in [-0.2, -0.15) is 0 Å². The van der Waals surface area contributed by atoms with Gasteiger partial charge >= 0.3 is 0 Å². The van der Waals surface area contributed by atoms with E-state index in [0.29, 0.717) is 5.92 Å². The molecule has 90 valence electrons. The standard InChI is InChI=1S/C12H25NO2/c1-7-9(3)12(11(8-2)15-6)13(5)10(4)14/h9,11-12H,7-8H2,1-6H3. The van der Waals surface area contributed by atoms with Gasteiger partial charge in [0.15, 0.2) is 0 Å². The van der Waals surface area contributed by atoms with E-state index in [9.17, 15) is 4.79 Å². The number of hydrogen-bond donors (Lipinski definition) is 0. The van der Waals surface area contributed by atoms with Crippen molar-refractivity contribution in [2.75, 3.05) is 14.2 Å². The van der Waals surface area contributed by atoms with Crippen LogP contribution in [0.25, 0.3) is 0 Å². The number of carbonyl (C=O) groups is 1. The molecule has 0 aromatic rings. The Morgan fingerprint density at radius 1 is 1.33 bits per heavy atom. The normalized spacial score (nSPS) is 16.9. The van der Waals surface area contributed by atoms with Gasteiger partial charge in [-0.1, -0.05) is 27.2 Å². The third-order valence-corrected chi connectivity index (χ3v) is 3.26. The Morgan fingerprint density at radius 2 is 1.87 bits per heavy atom. The maximum Gasteiger partial charge on any atom is 0.219 e. The van der Waals surface area contributed by atoms with Crippen molar-refractivity contribution in [1.82, 2.24) is 4.90 Å². The average molecular weight is 215 g/mol. The summed E-state index contributed by atoms with van der Waals surface area (Å²) < 4.78 is 5.46. The van der Waals surface area contributed by atoms with Gasteiger partial charge in [-0.15, -0.1) is 0 Å². The van der Waals surface area contributed by atoms with E-state index < -0.39 is 0 Å². The van der Waals surface area contributed by atoms with Crippen molar-refractivity contribution in [2.24, 2.45) is 5.92 Å². The van der Waals surface area contributed by atoms with Crippen LogP contribution in [0.1, 0.15) is 40.5 Å². The minimum atomic E-state index is 0.107. The highest BCUT2D eigenvalue weighted by atomic mass is 16.5. The average Bonchev–Trinajstić information content (AvgIpc) is 2.23. The van der Waals surface area contributed by atoms with E-state index in [1.54, 1.807) is 14.0 Å². The molecule has 0 aromatic carbocycles. The molecule has 0 saturated heterocycles. The molecule has 0 N–H and O–H groups in total. The summed E-state index contributed by atoms with van der Waals surface area (Å²) in [5.41, 5.74) is 0. The molecule has 3 nitrogen and oxygen atoms in total. The molecule has 0 aromatic heterocycles. The maximum atomic E-state index is 11.4. The maximum absolute atomic E-state index is 11.4. The van der Waals surface area contributed by atoms with Gasteiger partial charge in [0.2, 0.25) is 5.91 Å². The van der Waals surface area contributed by atoms with Gasteiger partial charge in [0.1, 0.15) is 0 Å². The molecule has 3 atom stereocenters. The van der Waals surface area contributed by atoms with E-state index in [1.807, 2.05) is 11.9 Å². The summed E-state index contributed by atoms with van der Waals surface area (Å²) in [4.78, 5) is 13.2. The van der Waals surface area contributed by atoms with Crippen LogP contribution >= 0.6 is 0 Å². The molecule has 15 heavy (non-hydrogen) atoms. The van der Waals surface area contributed by atoms with E-state index in [2.05, 4.69) is 20.8 Å². The lowest BCUT2D eigenvalue weighted by Crippen LogP contribution is -2.48. The Kier molecular flexibility index (Phi) is 6.57. The number of methoxy groups -OCH3 is 1. The van der Waals surface area contributed by atoms with E-state index in [0.717, 1.165) is 12.8 Å². The van der Waals surface area contributed by atoms with Crippen molar-refractivity contribution < 1.29 is 9.53 Å². The molecular formula is C12H25NO2. The highest BCUT2D eigenvalue weighted by Crippen LogP contribution is 2.21. The lowest BCUT2D eigenvalue weighted by atomic mass is 9.91. The molecule has 3 heteroatoms. The first-order valence-corrected chi connectivity index (χ1v) is 5.75. The van der Waals surface area contributed by atoms with Crippen molar-refractivity contribution in [1.29, 1.82) is 0 Å². The fourth-order valence-corrected chi connectivity index (χ4v) is 2.00. The van der Waals surface area contributed by atoms with Crippen LogP contribution in [0.4, 0.5) is 0 Å². The Bertz CT molecular complexity index is 190. The van der Waals surface area contributed by atoms with Crippen LogP contribution in [0.2, 0.25) is 0 Å². The second kappa shape index (κ2) is 6.83. The van der Waals surface area contributed by atoms with Gasteiger partial charge in [0.05, 0.1) is 12.1 Å². The largest absolute Gasteiger partial charge is 0.379 e. The topological polar surface area (TPSA) is 29.5 Å². The predicted molar refractivity (Wildman–Crippen MR) is 62.8 cm³/mol. The minimum Gasteiger partial charge on any atom is -0.379 e. The lowest BCUT2D eigenvalue weighted by Gasteiger charge is -2.36. The number of amides is 1. The molecule has 0 aliphatic rings. The smallest absolute Gasteiger partial charge is 0.219 e. The summed E-state index contributed by atoms with van der Waals surface area (Å²) in [6.45, 7) is 8.02. The molecule has 3 unspecified atom stereocenters. The summed E-state index contributed by atoms with van der Waals surface area (Å²) in [5.74, 6) is 0.569. The number of hydrogen-bond acceptors (Lipinski definition) is 2.